The van der Waals surface area contributed by atoms with Gasteiger partial charge in [-0.3, -0.25) is 0 Å². The highest BCUT2D eigenvalue weighted by Crippen LogP contribution is 2.46. The van der Waals surface area contributed by atoms with Crippen molar-refractivity contribution in [3.8, 4) is 0 Å². The Morgan fingerprint density at radius 2 is 1.77 bits per heavy atom. The quantitative estimate of drug-likeness (QED) is 0.789. The molecule has 1 fully saturated rings. The zero-order valence-corrected chi connectivity index (χ0v) is 14.7. The summed E-state index contributed by atoms with van der Waals surface area (Å²) >= 11 is 0. The second-order valence-electron chi connectivity index (χ2n) is 6.63. The highest BCUT2D eigenvalue weighted by atomic mass is 32.2. The fourth-order valence-corrected chi connectivity index (χ4v) is 5.04. The zero-order valence-electron chi connectivity index (χ0n) is 13.9. The maximum absolute atomic E-state index is 13.0. The van der Waals surface area contributed by atoms with Gasteiger partial charge in [0, 0.05) is 12.0 Å². The van der Waals surface area contributed by atoms with E-state index < -0.39 is 10.0 Å². The Kier molecular flexibility index (Phi) is 4.37. The van der Waals surface area contributed by atoms with Crippen LogP contribution in [0.15, 0.2) is 53.5 Å². The summed E-state index contributed by atoms with van der Waals surface area (Å²) in [5.74, 6) is 0. The predicted molar refractivity (Wildman–Crippen MR) is 91.2 cm³/mol. The van der Waals surface area contributed by atoms with Crippen molar-refractivity contribution in [1.29, 1.82) is 0 Å². The molecule has 1 aliphatic rings. The Hall–Kier alpha value is -1.39. The van der Waals surface area contributed by atoms with Gasteiger partial charge in [-0.1, -0.05) is 48.9 Å². The number of aryl methyl sites for hydroxylation is 1. The lowest BCUT2D eigenvalue weighted by atomic mass is 9.75. The van der Waals surface area contributed by atoms with Gasteiger partial charge in [-0.05, 0) is 39.3 Å². The predicted octanol–water partition coefficient (Wildman–Crippen LogP) is 3.92. The van der Waals surface area contributed by atoms with Crippen LogP contribution in [-0.2, 0) is 10.0 Å². The number of nitrogens with zero attached hydrogens (tertiary/aromatic N) is 1. The average Bonchev–Trinajstić information content (AvgIpc) is 2.79. The van der Waals surface area contributed by atoms with E-state index in [4.69, 9.17) is 0 Å². The van der Waals surface area contributed by atoms with Gasteiger partial charge in [0.15, 0.2) is 0 Å². The molecule has 3 nitrogen and oxygen atoms in total. The molecule has 0 radical (unpaired) electrons. The summed E-state index contributed by atoms with van der Waals surface area (Å²) in [7, 11) is -3.52. The van der Waals surface area contributed by atoms with E-state index in [0.717, 1.165) is 23.1 Å². The first-order valence-corrected chi connectivity index (χ1v) is 8.94. The molecule has 4 heteroatoms. The topological polar surface area (TPSA) is 37.4 Å². The normalized spacial score (nSPS) is 26.1. The van der Waals surface area contributed by atoms with Crippen LogP contribution >= 0.6 is 0 Å². The monoisotopic (exact) mass is 319 g/mol. The molecule has 2 rings (SSSR count). The summed E-state index contributed by atoms with van der Waals surface area (Å²) in [5, 5.41) is 0. The van der Waals surface area contributed by atoms with Crippen molar-refractivity contribution < 1.29 is 8.42 Å². The van der Waals surface area contributed by atoms with E-state index in [1.165, 1.54) is 0 Å². The Morgan fingerprint density at radius 3 is 2.23 bits per heavy atom. The molecule has 0 aliphatic carbocycles. The van der Waals surface area contributed by atoms with E-state index in [9.17, 15) is 8.42 Å². The molecule has 0 N–H and O–H groups in total. The number of sulfonamides is 1. The van der Waals surface area contributed by atoms with Crippen molar-refractivity contribution in [2.45, 2.75) is 45.1 Å². The molecule has 1 saturated heterocycles. The maximum atomic E-state index is 13.0. The minimum Gasteiger partial charge on any atom is -0.207 e. The van der Waals surface area contributed by atoms with Gasteiger partial charge in [0.1, 0.15) is 0 Å². The van der Waals surface area contributed by atoms with Gasteiger partial charge in [-0.25, -0.2) is 8.42 Å². The van der Waals surface area contributed by atoms with Gasteiger partial charge in [0.25, 0.3) is 0 Å². The third-order valence-electron chi connectivity index (χ3n) is 4.81. The third kappa shape index (κ3) is 2.66. The summed E-state index contributed by atoms with van der Waals surface area (Å²) in [6, 6.07) is 6.77. The summed E-state index contributed by atoms with van der Waals surface area (Å²) in [6.07, 6.45) is 0.769. The van der Waals surface area contributed by atoms with Crippen molar-refractivity contribution in [2.75, 3.05) is 6.54 Å². The lowest BCUT2D eigenvalue weighted by Gasteiger charge is -2.36. The SMILES string of the molecule is C=C(C)[C@H]1N(S(=O)(=O)c2ccc(C)cc2)CC[C@@]1(C)C(=C)C. The molecule has 0 spiro atoms. The summed E-state index contributed by atoms with van der Waals surface area (Å²) in [4.78, 5) is 0.343. The highest BCUT2D eigenvalue weighted by molar-refractivity contribution is 7.89. The first kappa shape index (κ1) is 17.0. The van der Waals surface area contributed by atoms with E-state index in [1.807, 2.05) is 32.9 Å². The molecule has 1 heterocycles. The van der Waals surface area contributed by atoms with E-state index in [-0.39, 0.29) is 11.5 Å². The van der Waals surface area contributed by atoms with Gasteiger partial charge in [-0.15, -0.1) is 0 Å². The molecule has 120 valence electrons. The zero-order chi connectivity index (χ0) is 16.7. The third-order valence-corrected chi connectivity index (χ3v) is 6.69. The number of benzene rings is 1. The smallest absolute Gasteiger partial charge is 0.207 e. The van der Waals surface area contributed by atoms with Crippen molar-refractivity contribution in [2.24, 2.45) is 5.41 Å². The van der Waals surface area contributed by atoms with Crippen molar-refractivity contribution in [3.63, 3.8) is 0 Å². The Morgan fingerprint density at radius 1 is 1.23 bits per heavy atom. The van der Waals surface area contributed by atoms with Crippen LogP contribution in [0.1, 0.15) is 32.8 Å². The lowest BCUT2D eigenvalue weighted by molar-refractivity contribution is 0.313. The van der Waals surface area contributed by atoms with Crippen LogP contribution in [0.5, 0.6) is 0 Å². The minimum atomic E-state index is -3.52. The minimum absolute atomic E-state index is 0.240. The number of rotatable bonds is 4. The number of hydrogen-bond donors (Lipinski definition) is 0. The highest BCUT2D eigenvalue weighted by Gasteiger charge is 2.49. The molecule has 0 unspecified atom stereocenters. The fourth-order valence-electron chi connectivity index (χ4n) is 3.27. The summed E-state index contributed by atoms with van der Waals surface area (Å²) < 4.78 is 27.6. The molecule has 0 aromatic heterocycles. The fraction of sp³-hybridized carbons (Fsp3) is 0.444. The Labute approximate surface area is 134 Å². The van der Waals surface area contributed by atoms with Crippen LogP contribution in [0.2, 0.25) is 0 Å². The molecule has 22 heavy (non-hydrogen) atoms. The van der Waals surface area contributed by atoms with E-state index in [0.29, 0.717) is 11.4 Å². The van der Waals surface area contributed by atoms with Gasteiger partial charge < -0.3 is 0 Å². The molecule has 1 aromatic carbocycles. The van der Waals surface area contributed by atoms with Crippen LogP contribution in [-0.4, -0.2) is 25.3 Å². The lowest BCUT2D eigenvalue weighted by Crippen LogP contribution is -2.42. The summed E-state index contributed by atoms with van der Waals surface area (Å²) in [6.45, 7) is 16.5. The van der Waals surface area contributed by atoms with Crippen molar-refractivity contribution in [1.82, 2.24) is 4.31 Å². The van der Waals surface area contributed by atoms with Gasteiger partial charge in [0.2, 0.25) is 10.0 Å². The van der Waals surface area contributed by atoms with E-state index in [1.54, 1.807) is 16.4 Å². The van der Waals surface area contributed by atoms with E-state index in [2.05, 4.69) is 20.1 Å². The van der Waals surface area contributed by atoms with Crippen LogP contribution in [0, 0.1) is 12.3 Å². The molecule has 0 bridgehead atoms. The van der Waals surface area contributed by atoms with Gasteiger partial charge in [-0.2, -0.15) is 4.31 Å². The molecular weight excluding hydrogens is 294 g/mol. The first-order chi connectivity index (χ1) is 10.1. The molecule has 0 saturated carbocycles. The van der Waals surface area contributed by atoms with Crippen LogP contribution in [0.4, 0.5) is 0 Å². The van der Waals surface area contributed by atoms with Crippen LogP contribution in [0.25, 0.3) is 0 Å². The molecule has 2 atom stereocenters. The van der Waals surface area contributed by atoms with E-state index >= 15 is 0 Å². The van der Waals surface area contributed by atoms with Crippen molar-refractivity contribution in [3.05, 3.63) is 54.1 Å². The largest absolute Gasteiger partial charge is 0.243 e. The van der Waals surface area contributed by atoms with Crippen LogP contribution in [0.3, 0.4) is 0 Å². The number of hydrogen-bond acceptors (Lipinski definition) is 2. The molecule has 1 aromatic rings. The Balaban J connectivity index is 2.49. The maximum Gasteiger partial charge on any atom is 0.243 e. The van der Waals surface area contributed by atoms with Gasteiger partial charge in [0.05, 0.1) is 10.9 Å². The molecular formula is C18H25NO2S. The summed E-state index contributed by atoms with van der Waals surface area (Å²) in [5.41, 5.74) is 2.65. The standard InChI is InChI=1S/C18H25NO2S/c1-13(2)17-18(6,14(3)4)11-12-19(17)22(20,21)16-9-7-15(5)8-10-16/h7-10,17H,1,3,11-12H2,2,4-6H3/t17-,18+/m1/s1. The second kappa shape index (κ2) is 5.67. The molecule has 0 amide bonds. The Bertz CT molecular complexity index is 703. The van der Waals surface area contributed by atoms with Crippen LogP contribution < -0.4 is 0 Å². The molecule has 1 aliphatic heterocycles. The van der Waals surface area contributed by atoms with Crippen molar-refractivity contribution >= 4 is 10.0 Å². The average molecular weight is 319 g/mol. The van der Waals surface area contributed by atoms with Gasteiger partial charge >= 0.3 is 0 Å². The second-order valence-corrected chi connectivity index (χ2v) is 8.52. The first-order valence-electron chi connectivity index (χ1n) is 7.50.